The number of aryl methyl sites for hydroxylation is 1. The van der Waals surface area contributed by atoms with Crippen molar-refractivity contribution in [2.24, 2.45) is 0 Å². The van der Waals surface area contributed by atoms with Crippen molar-refractivity contribution in [3.8, 4) is 0 Å². The molecule has 20 heavy (non-hydrogen) atoms. The van der Waals surface area contributed by atoms with Crippen LogP contribution in [0.3, 0.4) is 0 Å². The Bertz CT molecular complexity index is 477. The summed E-state index contributed by atoms with van der Waals surface area (Å²) in [6.07, 6.45) is 0. The van der Waals surface area contributed by atoms with Gasteiger partial charge in [0.15, 0.2) is 5.78 Å². The molecule has 1 aromatic carbocycles. The summed E-state index contributed by atoms with van der Waals surface area (Å²) in [5.74, 6) is 0.0865. The fraction of sp³-hybridized carbons (Fsp3) is 0.500. The molecule has 1 aromatic rings. The Labute approximate surface area is 121 Å². The minimum Gasteiger partial charge on any atom is -0.336 e. The highest BCUT2D eigenvalue weighted by atomic mass is 16.2. The monoisotopic (exact) mass is 276 g/mol. The van der Waals surface area contributed by atoms with Crippen LogP contribution in [0.15, 0.2) is 18.2 Å². The number of hydrogen-bond donors (Lipinski definition) is 1. The lowest BCUT2D eigenvalue weighted by atomic mass is 10.0. The molecule has 1 heterocycles. The van der Waals surface area contributed by atoms with Gasteiger partial charge < -0.3 is 10.2 Å². The van der Waals surface area contributed by atoms with Gasteiger partial charge in [-0.05, 0) is 31.5 Å². The van der Waals surface area contributed by atoms with Gasteiger partial charge in [0, 0.05) is 37.3 Å². The zero-order valence-electron chi connectivity index (χ0n) is 12.8. The maximum Gasteiger partial charge on any atom is 0.253 e. The first-order valence-electron chi connectivity index (χ1n) is 7.21. The number of carbonyl (C=O) groups is 2. The predicted octanol–water partition coefficient (Wildman–Crippen LogP) is 2.27. The lowest BCUT2D eigenvalue weighted by Crippen LogP contribution is -2.46. The molecular weight excluding hydrogens is 252 g/mol. The van der Waals surface area contributed by atoms with Crippen LogP contribution in [0.1, 0.15) is 47.1 Å². The second-order valence-corrected chi connectivity index (χ2v) is 4.63. The maximum absolute atomic E-state index is 12.2. The van der Waals surface area contributed by atoms with Gasteiger partial charge in [-0.15, -0.1) is 0 Å². The molecule has 1 saturated heterocycles. The molecule has 1 amide bonds. The molecule has 0 radical (unpaired) electrons. The standard InChI is InChI=1S/C14H18N2O2.C2H6/c1-10-9-12(3-4-13(10)11(2)17)14(18)16-7-5-15-6-8-16;1-2/h3-4,9,15H,5-8H2,1-2H3;1-2H3. The number of piperazine rings is 1. The number of amides is 1. The Hall–Kier alpha value is -1.68. The van der Waals surface area contributed by atoms with E-state index in [1.807, 2.05) is 25.7 Å². The van der Waals surface area contributed by atoms with E-state index in [4.69, 9.17) is 0 Å². The van der Waals surface area contributed by atoms with Crippen LogP contribution < -0.4 is 5.32 Å². The first-order valence-corrected chi connectivity index (χ1v) is 7.21. The fourth-order valence-corrected chi connectivity index (χ4v) is 2.24. The summed E-state index contributed by atoms with van der Waals surface area (Å²) >= 11 is 0. The van der Waals surface area contributed by atoms with Crippen LogP contribution in [0.2, 0.25) is 0 Å². The molecule has 1 aliphatic rings. The first kappa shape index (κ1) is 16.4. The molecule has 0 atom stereocenters. The van der Waals surface area contributed by atoms with E-state index in [-0.39, 0.29) is 11.7 Å². The summed E-state index contributed by atoms with van der Waals surface area (Å²) in [4.78, 5) is 25.4. The Morgan fingerprint density at radius 3 is 2.25 bits per heavy atom. The van der Waals surface area contributed by atoms with Crippen molar-refractivity contribution < 1.29 is 9.59 Å². The SMILES string of the molecule is CC.CC(=O)c1ccc(C(=O)N2CCNCC2)cc1C. The third kappa shape index (κ3) is 3.90. The molecule has 110 valence electrons. The lowest BCUT2D eigenvalue weighted by molar-refractivity contribution is 0.0735. The second-order valence-electron chi connectivity index (χ2n) is 4.63. The highest BCUT2D eigenvalue weighted by molar-refractivity contribution is 5.99. The minimum absolute atomic E-state index is 0.0358. The van der Waals surface area contributed by atoms with E-state index in [9.17, 15) is 9.59 Å². The number of carbonyl (C=O) groups excluding carboxylic acids is 2. The normalized spacial score (nSPS) is 14.3. The van der Waals surface area contributed by atoms with Gasteiger partial charge in [-0.1, -0.05) is 19.9 Å². The predicted molar refractivity (Wildman–Crippen MR) is 81.3 cm³/mol. The topological polar surface area (TPSA) is 49.4 Å². The van der Waals surface area contributed by atoms with E-state index in [2.05, 4.69) is 5.32 Å². The highest BCUT2D eigenvalue weighted by Crippen LogP contribution is 2.14. The van der Waals surface area contributed by atoms with E-state index in [0.29, 0.717) is 11.1 Å². The number of ketones is 1. The van der Waals surface area contributed by atoms with Crippen molar-refractivity contribution in [3.05, 3.63) is 34.9 Å². The number of nitrogens with zero attached hydrogens (tertiary/aromatic N) is 1. The summed E-state index contributed by atoms with van der Waals surface area (Å²) in [6.45, 7) is 10.6. The van der Waals surface area contributed by atoms with Crippen LogP contribution in [0.4, 0.5) is 0 Å². The number of nitrogens with one attached hydrogen (secondary N) is 1. The Morgan fingerprint density at radius 2 is 1.75 bits per heavy atom. The van der Waals surface area contributed by atoms with Crippen LogP contribution in [-0.2, 0) is 0 Å². The van der Waals surface area contributed by atoms with Gasteiger partial charge in [-0.25, -0.2) is 0 Å². The Kier molecular flexibility index (Phi) is 6.39. The van der Waals surface area contributed by atoms with Crippen LogP contribution >= 0.6 is 0 Å². The number of Topliss-reactive ketones (excluding diaryl/α,β-unsaturated/α-hetero) is 1. The molecule has 4 heteroatoms. The number of rotatable bonds is 2. The summed E-state index contributed by atoms with van der Waals surface area (Å²) in [5, 5.41) is 3.22. The van der Waals surface area contributed by atoms with Gasteiger partial charge in [0.2, 0.25) is 0 Å². The van der Waals surface area contributed by atoms with E-state index in [0.717, 1.165) is 31.7 Å². The molecule has 2 rings (SSSR count). The van der Waals surface area contributed by atoms with E-state index in [1.54, 1.807) is 25.1 Å². The summed E-state index contributed by atoms with van der Waals surface area (Å²) in [5.41, 5.74) is 2.22. The van der Waals surface area contributed by atoms with E-state index in [1.165, 1.54) is 0 Å². The molecule has 0 spiro atoms. The molecule has 0 bridgehead atoms. The third-order valence-electron chi connectivity index (χ3n) is 3.26. The number of benzene rings is 1. The molecule has 1 N–H and O–H groups in total. The molecule has 0 aliphatic carbocycles. The van der Waals surface area contributed by atoms with Gasteiger partial charge in [-0.2, -0.15) is 0 Å². The minimum atomic E-state index is 0.0358. The van der Waals surface area contributed by atoms with Crippen molar-refractivity contribution in [1.82, 2.24) is 10.2 Å². The highest BCUT2D eigenvalue weighted by Gasteiger charge is 2.18. The Balaban J connectivity index is 0.000000956. The van der Waals surface area contributed by atoms with Crippen molar-refractivity contribution in [2.45, 2.75) is 27.7 Å². The zero-order valence-corrected chi connectivity index (χ0v) is 12.8. The summed E-state index contributed by atoms with van der Waals surface area (Å²) < 4.78 is 0. The maximum atomic E-state index is 12.2. The molecule has 0 saturated carbocycles. The fourth-order valence-electron chi connectivity index (χ4n) is 2.24. The smallest absolute Gasteiger partial charge is 0.253 e. The van der Waals surface area contributed by atoms with Crippen LogP contribution in [-0.4, -0.2) is 42.8 Å². The van der Waals surface area contributed by atoms with E-state index < -0.39 is 0 Å². The molecule has 1 fully saturated rings. The largest absolute Gasteiger partial charge is 0.336 e. The van der Waals surface area contributed by atoms with Gasteiger partial charge in [0.05, 0.1) is 0 Å². The van der Waals surface area contributed by atoms with Crippen molar-refractivity contribution in [1.29, 1.82) is 0 Å². The van der Waals surface area contributed by atoms with Crippen molar-refractivity contribution in [3.63, 3.8) is 0 Å². The van der Waals surface area contributed by atoms with Crippen LogP contribution in [0.25, 0.3) is 0 Å². The third-order valence-corrected chi connectivity index (χ3v) is 3.26. The van der Waals surface area contributed by atoms with Gasteiger partial charge in [0.25, 0.3) is 5.91 Å². The first-order chi connectivity index (χ1) is 9.59. The summed E-state index contributed by atoms with van der Waals surface area (Å²) in [6, 6.07) is 5.29. The zero-order chi connectivity index (χ0) is 15.1. The van der Waals surface area contributed by atoms with Crippen molar-refractivity contribution >= 4 is 11.7 Å². The number of hydrogen-bond acceptors (Lipinski definition) is 3. The average Bonchev–Trinajstić information content (AvgIpc) is 2.49. The quantitative estimate of drug-likeness (QED) is 0.843. The second kappa shape index (κ2) is 7.80. The van der Waals surface area contributed by atoms with Gasteiger partial charge >= 0.3 is 0 Å². The molecule has 0 aromatic heterocycles. The molecule has 1 aliphatic heterocycles. The Morgan fingerprint density at radius 1 is 1.15 bits per heavy atom. The molecule has 4 nitrogen and oxygen atoms in total. The lowest BCUT2D eigenvalue weighted by Gasteiger charge is -2.27. The van der Waals surface area contributed by atoms with Crippen LogP contribution in [0.5, 0.6) is 0 Å². The molecular formula is C16H24N2O2. The van der Waals surface area contributed by atoms with Crippen molar-refractivity contribution in [2.75, 3.05) is 26.2 Å². The van der Waals surface area contributed by atoms with E-state index >= 15 is 0 Å². The van der Waals surface area contributed by atoms with Gasteiger partial charge in [-0.3, -0.25) is 9.59 Å². The van der Waals surface area contributed by atoms with Gasteiger partial charge in [0.1, 0.15) is 0 Å². The van der Waals surface area contributed by atoms with Crippen LogP contribution in [0, 0.1) is 6.92 Å². The molecule has 0 unspecified atom stereocenters. The average molecular weight is 276 g/mol. The summed E-state index contributed by atoms with van der Waals surface area (Å²) in [7, 11) is 0.